The first-order chi connectivity index (χ1) is 15.9. The highest BCUT2D eigenvalue weighted by Gasteiger charge is 2.53. The van der Waals surface area contributed by atoms with E-state index in [0.29, 0.717) is 4.68 Å². The van der Waals surface area contributed by atoms with Gasteiger partial charge in [0.2, 0.25) is 11.4 Å². The maximum atomic E-state index is 12.5. The monoisotopic (exact) mass is 487 g/mol. The van der Waals surface area contributed by atoms with Gasteiger partial charge in [-0.15, -0.1) is 0 Å². The van der Waals surface area contributed by atoms with Crippen LogP contribution in [0.1, 0.15) is 48.0 Å². The van der Waals surface area contributed by atoms with E-state index in [-0.39, 0.29) is 0 Å². The summed E-state index contributed by atoms with van der Waals surface area (Å²) < 4.78 is 30.7. The van der Waals surface area contributed by atoms with E-state index in [1.165, 1.54) is 0 Å². The van der Waals surface area contributed by atoms with Crippen molar-refractivity contribution in [3.63, 3.8) is 0 Å². The molecule has 186 valence electrons. The number of carbonyl (C=O) groups is 5. The molecular formula is C18H21N3O13. The molecule has 0 radical (unpaired) electrons. The van der Waals surface area contributed by atoms with Crippen LogP contribution in [0.5, 0.6) is 0 Å². The zero-order valence-electron chi connectivity index (χ0n) is 18.7. The van der Waals surface area contributed by atoms with E-state index in [1.54, 1.807) is 0 Å². The summed E-state index contributed by atoms with van der Waals surface area (Å²) in [5, 5.41) is 15.5. The molecule has 1 fully saturated rings. The molecule has 1 aliphatic rings. The molecule has 0 aromatic carbocycles. The maximum Gasteiger partial charge on any atom is 0.365 e. The quantitative estimate of drug-likeness (QED) is 0.200. The third-order valence-electron chi connectivity index (χ3n) is 4.41. The molecule has 34 heavy (non-hydrogen) atoms. The molecule has 0 amide bonds. The number of nitrogens with zero attached hydrogens (tertiary/aromatic N) is 3. The molecule has 4 atom stereocenters. The highest BCUT2D eigenvalue weighted by Crippen LogP contribution is 2.38. The molecule has 0 spiro atoms. The number of hydrogen-bond acceptors (Lipinski definition) is 14. The van der Waals surface area contributed by atoms with Gasteiger partial charge < -0.3 is 28.4 Å². The van der Waals surface area contributed by atoms with E-state index < -0.39 is 83.0 Å². The number of rotatable bonds is 8. The largest absolute Gasteiger partial charge is 0.464 e. The Morgan fingerprint density at radius 1 is 0.971 bits per heavy atom. The first-order valence-electron chi connectivity index (χ1n) is 9.49. The Labute approximate surface area is 191 Å². The van der Waals surface area contributed by atoms with Gasteiger partial charge in [-0.2, -0.15) is 5.10 Å². The van der Waals surface area contributed by atoms with Crippen molar-refractivity contribution in [2.45, 2.75) is 45.3 Å². The van der Waals surface area contributed by atoms with Crippen LogP contribution in [-0.4, -0.2) is 83.7 Å². The Morgan fingerprint density at radius 3 is 2.00 bits per heavy atom. The van der Waals surface area contributed by atoms with Gasteiger partial charge in [0.05, 0.1) is 19.1 Å². The van der Waals surface area contributed by atoms with Crippen LogP contribution < -0.4 is 0 Å². The van der Waals surface area contributed by atoms with Crippen molar-refractivity contribution in [3.05, 3.63) is 21.5 Å². The van der Waals surface area contributed by atoms with Gasteiger partial charge in [0.1, 0.15) is 12.7 Å². The van der Waals surface area contributed by atoms with Crippen LogP contribution >= 0.6 is 0 Å². The van der Waals surface area contributed by atoms with E-state index in [4.69, 9.17) is 18.9 Å². The lowest BCUT2D eigenvalue weighted by molar-refractivity contribution is -0.385. The number of hydrogen-bond donors (Lipinski definition) is 0. The SMILES string of the molecule is COC(=O)c1nn([C@@H]2O[C@H](COC(C)=O)[C@@H](OC(C)=O)[C@H]2OC(C)=O)c(C(=O)OC)c1[N+](=O)[O-]. The van der Waals surface area contributed by atoms with Crippen LogP contribution in [0.2, 0.25) is 0 Å². The fourth-order valence-electron chi connectivity index (χ4n) is 3.19. The molecule has 1 aromatic heterocycles. The van der Waals surface area contributed by atoms with Crippen LogP contribution in [0, 0.1) is 10.1 Å². The number of methoxy groups -OCH3 is 2. The predicted molar refractivity (Wildman–Crippen MR) is 103 cm³/mol. The second-order valence-electron chi connectivity index (χ2n) is 6.75. The van der Waals surface area contributed by atoms with Gasteiger partial charge >= 0.3 is 35.5 Å². The highest BCUT2D eigenvalue weighted by atomic mass is 16.7. The lowest BCUT2D eigenvalue weighted by atomic mass is 10.1. The van der Waals surface area contributed by atoms with E-state index in [0.717, 1.165) is 35.0 Å². The van der Waals surface area contributed by atoms with Crippen LogP contribution in [0.15, 0.2) is 0 Å². The van der Waals surface area contributed by atoms with Gasteiger partial charge in [-0.3, -0.25) is 24.5 Å². The number of esters is 5. The molecule has 0 unspecified atom stereocenters. The first kappa shape index (κ1) is 26.2. The number of nitro groups is 1. The molecule has 0 N–H and O–H groups in total. The second kappa shape index (κ2) is 10.7. The molecule has 16 heteroatoms. The third kappa shape index (κ3) is 5.45. The van der Waals surface area contributed by atoms with E-state index in [2.05, 4.69) is 14.6 Å². The summed E-state index contributed by atoms with van der Waals surface area (Å²) in [6, 6.07) is 0. The third-order valence-corrected chi connectivity index (χ3v) is 4.41. The molecule has 0 bridgehead atoms. The minimum atomic E-state index is -1.65. The summed E-state index contributed by atoms with van der Waals surface area (Å²) >= 11 is 0. The van der Waals surface area contributed by atoms with Crippen molar-refractivity contribution in [2.24, 2.45) is 0 Å². The average molecular weight is 487 g/mol. The highest BCUT2D eigenvalue weighted by molar-refractivity contribution is 6.00. The lowest BCUT2D eigenvalue weighted by Crippen LogP contribution is -2.41. The normalized spacial score (nSPS) is 21.3. The van der Waals surface area contributed by atoms with Gasteiger partial charge in [0.25, 0.3) is 0 Å². The van der Waals surface area contributed by atoms with Gasteiger partial charge in [0, 0.05) is 20.8 Å². The molecule has 1 aromatic rings. The summed E-state index contributed by atoms with van der Waals surface area (Å²) in [5.74, 6) is -4.96. The summed E-state index contributed by atoms with van der Waals surface area (Å²) in [4.78, 5) is 70.0. The number of carbonyl (C=O) groups excluding carboxylic acids is 5. The van der Waals surface area contributed by atoms with Crippen molar-refractivity contribution < 1.29 is 57.3 Å². The zero-order chi connectivity index (χ0) is 25.7. The summed E-state index contributed by atoms with van der Waals surface area (Å²) in [6.45, 7) is 2.69. The Morgan fingerprint density at radius 2 is 1.53 bits per heavy atom. The van der Waals surface area contributed by atoms with Crippen molar-refractivity contribution in [1.82, 2.24) is 9.78 Å². The van der Waals surface area contributed by atoms with Gasteiger partial charge in [0.15, 0.2) is 18.4 Å². The molecule has 16 nitrogen and oxygen atoms in total. The van der Waals surface area contributed by atoms with Gasteiger partial charge in [-0.05, 0) is 0 Å². The van der Waals surface area contributed by atoms with Gasteiger partial charge in [-0.25, -0.2) is 14.3 Å². The Hall–Kier alpha value is -4.08. The standard InChI is InChI=1S/C18H21N3O13/c1-7(22)31-6-10-14(32-8(2)23)15(33-9(3)24)16(34-10)20-13(18(26)30-5)12(21(27)28)11(19-20)17(25)29-4/h10,14-16H,6H2,1-5H3/t10-,14-,15-,16-/m1/s1. The molecule has 1 aliphatic heterocycles. The Kier molecular flexibility index (Phi) is 8.23. The fourth-order valence-corrected chi connectivity index (χ4v) is 3.19. The van der Waals surface area contributed by atoms with Crippen LogP contribution in [0.4, 0.5) is 5.69 Å². The molecule has 0 aliphatic carbocycles. The summed E-state index contributed by atoms with van der Waals surface area (Å²) in [5.41, 5.74) is -2.77. The zero-order valence-corrected chi connectivity index (χ0v) is 18.7. The summed E-state index contributed by atoms with van der Waals surface area (Å²) in [6.07, 6.45) is -5.83. The van der Waals surface area contributed by atoms with Crippen molar-refractivity contribution >= 4 is 35.5 Å². The fraction of sp³-hybridized carbons (Fsp3) is 0.556. The van der Waals surface area contributed by atoms with Crippen LogP contribution in [0.25, 0.3) is 0 Å². The van der Waals surface area contributed by atoms with Crippen LogP contribution in [-0.2, 0) is 42.8 Å². The maximum absolute atomic E-state index is 12.5. The van der Waals surface area contributed by atoms with E-state index in [9.17, 15) is 34.1 Å². The van der Waals surface area contributed by atoms with Crippen LogP contribution in [0.3, 0.4) is 0 Å². The minimum absolute atomic E-state index is 0.484. The van der Waals surface area contributed by atoms with Crippen molar-refractivity contribution in [3.8, 4) is 0 Å². The molecule has 2 rings (SSSR count). The van der Waals surface area contributed by atoms with E-state index in [1.807, 2.05) is 0 Å². The minimum Gasteiger partial charge on any atom is -0.464 e. The predicted octanol–water partition coefficient (Wildman–Crippen LogP) is -0.312. The van der Waals surface area contributed by atoms with Crippen molar-refractivity contribution in [2.75, 3.05) is 20.8 Å². The molecular weight excluding hydrogens is 466 g/mol. The average Bonchev–Trinajstić information content (AvgIpc) is 3.29. The first-order valence-corrected chi connectivity index (χ1v) is 9.49. The molecule has 1 saturated heterocycles. The second-order valence-corrected chi connectivity index (χ2v) is 6.75. The summed E-state index contributed by atoms with van der Waals surface area (Å²) in [7, 11) is 1.86. The lowest BCUT2D eigenvalue weighted by Gasteiger charge is -2.23. The number of aromatic nitrogens is 2. The van der Waals surface area contributed by atoms with Crippen molar-refractivity contribution in [1.29, 1.82) is 0 Å². The smallest absolute Gasteiger partial charge is 0.365 e. The van der Waals surface area contributed by atoms with Gasteiger partial charge in [-0.1, -0.05) is 0 Å². The van der Waals surface area contributed by atoms with E-state index >= 15 is 0 Å². The Balaban J connectivity index is 2.73. The molecule has 0 saturated carbocycles. The Bertz CT molecular complexity index is 1020. The topological polar surface area (TPSA) is 202 Å². The number of ether oxygens (including phenoxy) is 6. The molecule has 2 heterocycles.